The first-order chi connectivity index (χ1) is 14.3. The average Bonchev–Trinajstić information content (AvgIpc) is 3.32. The molecule has 1 fully saturated rings. The molecule has 12 heteroatoms. The number of hydrogen-bond donors (Lipinski definition) is 1. The van der Waals surface area contributed by atoms with Crippen molar-refractivity contribution in [2.24, 2.45) is 0 Å². The third-order valence-corrected chi connectivity index (χ3v) is 5.95. The third kappa shape index (κ3) is 4.65. The molecular formula is C18H15BrCl2F2N6O. The molecule has 1 amide bonds. The van der Waals surface area contributed by atoms with Gasteiger partial charge in [-0.1, -0.05) is 29.3 Å². The van der Waals surface area contributed by atoms with Crippen LogP contribution in [0.5, 0.6) is 0 Å². The standard InChI is InChI=1S/C18H15BrCl2F2N6O/c19-14-15(17(22)23)26-29(16(14)9-1-2-9)7-13(30)25-18-24-8-28(27-18)6-10-3-4-11(20)5-12(10)21/h3-5,8-9,17H,1-2,6-7H2,(H,25,27,30). The van der Waals surface area contributed by atoms with E-state index in [1.165, 1.54) is 15.7 Å². The second-order valence-electron chi connectivity index (χ2n) is 6.87. The number of carbonyl (C=O) groups excluding carboxylic acids is 1. The van der Waals surface area contributed by atoms with Gasteiger partial charge >= 0.3 is 0 Å². The van der Waals surface area contributed by atoms with Crippen LogP contribution in [0.4, 0.5) is 14.7 Å². The number of aromatic nitrogens is 5. The summed E-state index contributed by atoms with van der Waals surface area (Å²) >= 11 is 15.3. The molecule has 0 saturated heterocycles. The largest absolute Gasteiger partial charge is 0.292 e. The lowest BCUT2D eigenvalue weighted by molar-refractivity contribution is -0.117. The second-order valence-corrected chi connectivity index (χ2v) is 8.50. The number of alkyl halides is 2. The van der Waals surface area contributed by atoms with Gasteiger partial charge in [0, 0.05) is 16.0 Å². The summed E-state index contributed by atoms with van der Waals surface area (Å²) in [5.41, 5.74) is 1.06. The number of amides is 1. The fourth-order valence-electron chi connectivity index (χ4n) is 3.03. The number of rotatable bonds is 7. The van der Waals surface area contributed by atoms with Crippen LogP contribution >= 0.6 is 39.1 Å². The lowest BCUT2D eigenvalue weighted by Crippen LogP contribution is -2.21. The summed E-state index contributed by atoms with van der Waals surface area (Å²) in [6, 6.07) is 5.13. The molecule has 1 N–H and O–H groups in total. The molecule has 0 radical (unpaired) electrons. The van der Waals surface area contributed by atoms with Gasteiger partial charge in [-0.3, -0.25) is 14.8 Å². The van der Waals surface area contributed by atoms with Crippen LogP contribution in [0.25, 0.3) is 0 Å². The highest BCUT2D eigenvalue weighted by atomic mass is 79.9. The van der Waals surface area contributed by atoms with E-state index in [2.05, 4.69) is 36.4 Å². The second kappa shape index (κ2) is 8.60. The zero-order valence-electron chi connectivity index (χ0n) is 15.3. The van der Waals surface area contributed by atoms with E-state index in [0.29, 0.717) is 22.3 Å². The number of benzene rings is 1. The molecule has 0 aliphatic heterocycles. The van der Waals surface area contributed by atoms with E-state index < -0.39 is 12.3 Å². The molecule has 0 spiro atoms. The maximum atomic E-state index is 13.2. The first-order valence-corrected chi connectivity index (χ1v) is 10.5. The van der Waals surface area contributed by atoms with Crippen molar-refractivity contribution < 1.29 is 13.6 Å². The summed E-state index contributed by atoms with van der Waals surface area (Å²) in [4.78, 5) is 16.5. The minimum atomic E-state index is -2.72. The molecular weight excluding hydrogens is 505 g/mol. The Morgan fingerprint density at radius 1 is 1.30 bits per heavy atom. The molecule has 3 aromatic rings. The van der Waals surface area contributed by atoms with Crippen LogP contribution < -0.4 is 5.32 Å². The Morgan fingerprint density at radius 3 is 2.73 bits per heavy atom. The van der Waals surface area contributed by atoms with Crippen molar-refractivity contribution in [3.63, 3.8) is 0 Å². The van der Waals surface area contributed by atoms with Gasteiger partial charge in [-0.2, -0.15) is 5.10 Å². The number of carbonyl (C=O) groups is 1. The SMILES string of the molecule is O=C(Cn1nc(C(F)F)c(Br)c1C1CC1)Nc1ncn(Cc2ccc(Cl)cc2Cl)n1. The molecule has 1 aliphatic rings. The molecule has 2 aromatic heterocycles. The highest BCUT2D eigenvalue weighted by molar-refractivity contribution is 9.10. The summed E-state index contributed by atoms with van der Waals surface area (Å²) in [5, 5.41) is 11.7. The van der Waals surface area contributed by atoms with Gasteiger partial charge in [0.2, 0.25) is 11.9 Å². The van der Waals surface area contributed by atoms with Gasteiger partial charge in [0.15, 0.2) is 0 Å². The van der Waals surface area contributed by atoms with Crippen LogP contribution in [0.3, 0.4) is 0 Å². The highest BCUT2D eigenvalue weighted by Gasteiger charge is 2.34. The minimum absolute atomic E-state index is 0.0957. The maximum Gasteiger partial charge on any atom is 0.283 e. The Labute approximate surface area is 188 Å². The lowest BCUT2D eigenvalue weighted by atomic mass is 10.2. The Balaban J connectivity index is 1.43. The predicted octanol–water partition coefficient (Wildman–Crippen LogP) is 5.05. The summed E-state index contributed by atoms with van der Waals surface area (Å²) in [7, 11) is 0. The van der Waals surface area contributed by atoms with Gasteiger partial charge < -0.3 is 0 Å². The average molecular weight is 520 g/mol. The van der Waals surface area contributed by atoms with Crippen LogP contribution in [-0.2, 0) is 17.9 Å². The van der Waals surface area contributed by atoms with E-state index in [-0.39, 0.29) is 28.6 Å². The number of halogens is 5. The normalized spacial score (nSPS) is 13.8. The Bertz CT molecular complexity index is 1100. The number of anilines is 1. The summed E-state index contributed by atoms with van der Waals surface area (Å²) in [5.74, 6) is -0.234. The third-order valence-electron chi connectivity index (χ3n) is 4.56. The molecule has 1 aromatic carbocycles. The van der Waals surface area contributed by atoms with Crippen LogP contribution in [0.15, 0.2) is 29.0 Å². The fourth-order valence-corrected chi connectivity index (χ4v) is 4.28. The number of nitrogens with one attached hydrogen (secondary N) is 1. The molecule has 0 atom stereocenters. The molecule has 0 bridgehead atoms. The zero-order chi connectivity index (χ0) is 21.4. The van der Waals surface area contributed by atoms with Crippen molar-refractivity contribution in [1.82, 2.24) is 24.5 Å². The lowest BCUT2D eigenvalue weighted by Gasteiger charge is -2.06. The van der Waals surface area contributed by atoms with Crippen molar-refractivity contribution in [2.75, 3.05) is 5.32 Å². The van der Waals surface area contributed by atoms with Crippen molar-refractivity contribution >= 4 is 51.0 Å². The smallest absolute Gasteiger partial charge is 0.283 e. The van der Waals surface area contributed by atoms with Gasteiger partial charge in [0.25, 0.3) is 6.43 Å². The van der Waals surface area contributed by atoms with E-state index in [9.17, 15) is 13.6 Å². The molecule has 1 saturated carbocycles. The molecule has 2 heterocycles. The van der Waals surface area contributed by atoms with Gasteiger partial charge in [0.1, 0.15) is 18.6 Å². The van der Waals surface area contributed by atoms with Crippen molar-refractivity contribution in [2.45, 2.75) is 38.3 Å². The van der Waals surface area contributed by atoms with Gasteiger partial charge in [-0.25, -0.2) is 18.4 Å². The van der Waals surface area contributed by atoms with Gasteiger partial charge in [0.05, 0.1) is 16.7 Å². The Hall–Kier alpha value is -2.04. The topological polar surface area (TPSA) is 77.6 Å². The van der Waals surface area contributed by atoms with Crippen LogP contribution in [0.1, 0.15) is 42.1 Å². The van der Waals surface area contributed by atoms with Crippen molar-refractivity contribution in [1.29, 1.82) is 0 Å². The summed E-state index contributed by atoms with van der Waals surface area (Å²) < 4.78 is 29.5. The monoisotopic (exact) mass is 518 g/mol. The number of hydrogen-bond acceptors (Lipinski definition) is 4. The highest BCUT2D eigenvalue weighted by Crippen LogP contribution is 2.45. The molecule has 1 aliphatic carbocycles. The molecule has 7 nitrogen and oxygen atoms in total. The van der Waals surface area contributed by atoms with E-state index in [1.54, 1.807) is 18.2 Å². The summed E-state index contributed by atoms with van der Waals surface area (Å²) in [6.45, 7) is 0.128. The molecule has 0 unspecified atom stereocenters. The first-order valence-electron chi connectivity index (χ1n) is 8.99. The van der Waals surface area contributed by atoms with E-state index in [4.69, 9.17) is 23.2 Å². The van der Waals surface area contributed by atoms with Crippen LogP contribution in [0.2, 0.25) is 10.0 Å². The Kier molecular flexibility index (Phi) is 6.08. The van der Waals surface area contributed by atoms with E-state index in [1.807, 2.05) is 0 Å². The Morgan fingerprint density at radius 2 is 2.07 bits per heavy atom. The molecule has 4 rings (SSSR count). The van der Waals surface area contributed by atoms with Crippen LogP contribution in [-0.4, -0.2) is 30.5 Å². The van der Waals surface area contributed by atoms with Crippen molar-refractivity contribution in [3.8, 4) is 0 Å². The summed E-state index contributed by atoms with van der Waals surface area (Å²) in [6.07, 6.45) is 0.496. The fraction of sp³-hybridized carbons (Fsp3) is 0.333. The quantitative estimate of drug-likeness (QED) is 0.474. The number of nitrogens with zero attached hydrogens (tertiary/aromatic N) is 5. The first kappa shape index (κ1) is 21.2. The van der Waals surface area contributed by atoms with E-state index in [0.717, 1.165) is 18.4 Å². The van der Waals surface area contributed by atoms with E-state index >= 15 is 0 Å². The maximum absolute atomic E-state index is 13.2. The van der Waals surface area contributed by atoms with Crippen LogP contribution in [0, 0.1) is 0 Å². The predicted molar refractivity (Wildman–Crippen MR) is 111 cm³/mol. The molecule has 30 heavy (non-hydrogen) atoms. The zero-order valence-corrected chi connectivity index (χ0v) is 18.4. The molecule has 158 valence electrons. The minimum Gasteiger partial charge on any atom is -0.292 e. The van der Waals surface area contributed by atoms with Crippen molar-refractivity contribution in [3.05, 3.63) is 56.0 Å². The van der Waals surface area contributed by atoms with Gasteiger partial charge in [-0.05, 0) is 46.5 Å². The van der Waals surface area contributed by atoms with Gasteiger partial charge in [-0.15, -0.1) is 5.10 Å².